The van der Waals surface area contributed by atoms with Gasteiger partial charge in [-0.25, -0.2) is 4.39 Å². The van der Waals surface area contributed by atoms with Gasteiger partial charge in [0.25, 0.3) is 0 Å². The van der Waals surface area contributed by atoms with Crippen molar-refractivity contribution in [2.75, 3.05) is 13.1 Å². The van der Waals surface area contributed by atoms with Crippen LogP contribution in [0.4, 0.5) is 4.39 Å². The van der Waals surface area contributed by atoms with Gasteiger partial charge < -0.3 is 16.2 Å². The second-order valence-corrected chi connectivity index (χ2v) is 3.47. The zero-order chi connectivity index (χ0) is 12.7. The van der Waals surface area contributed by atoms with Crippen molar-refractivity contribution in [3.05, 3.63) is 48.3 Å². The third-order valence-corrected chi connectivity index (χ3v) is 2.10. The van der Waals surface area contributed by atoms with Gasteiger partial charge in [-0.15, -0.1) is 6.58 Å². The summed E-state index contributed by atoms with van der Waals surface area (Å²) in [4.78, 5) is 3.93. The van der Waals surface area contributed by atoms with E-state index in [1.165, 1.54) is 18.2 Å². The monoisotopic (exact) mass is 237 g/mol. The summed E-state index contributed by atoms with van der Waals surface area (Å²) in [5.74, 6) is -0.163. The van der Waals surface area contributed by atoms with Gasteiger partial charge in [0.1, 0.15) is 5.82 Å². The van der Waals surface area contributed by atoms with Crippen LogP contribution in [-0.2, 0) is 0 Å². The van der Waals surface area contributed by atoms with Gasteiger partial charge in [-0.2, -0.15) is 0 Å². The summed E-state index contributed by atoms with van der Waals surface area (Å²) in [6, 6.07) is 5.76. The molecular weight excluding hydrogens is 221 g/mol. The highest BCUT2D eigenvalue weighted by Crippen LogP contribution is 2.13. The Morgan fingerprint density at radius 1 is 1.65 bits per heavy atom. The number of aliphatic hydroxyl groups excluding tert-OH is 1. The predicted molar refractivity (Wildman–Crippen MR) is 66.0 cm³/mol. The van der Waals surface area contributed by atoms with Crippen LogP contribution < -0.4 is 11.1 Å². The highest BCUT2D eigenvalue weighted by atomic mass is 19.1. The molecule has 4 nitrogen and oxygen atoms in total. The molecule has 5 heteroatoms. The van der Waals surface area contributed by atoms with Crippen molar-refractivity contribution in [1.82, 2.24) is 5.32 Å². The Balaban J connectivity index is 2.54. The first-order chi connectivity index (χ1) is 8.13. The number of rotatable bonds is 5. The third kappa shape index (κ3) is 4.65. The fraction of sp³-hybridized carbons (Fsp3) is 0.250. The van der Waals surface area contributed by atoms with Gasteiger partial charge >= 0.3 is 0 Å². The number of aliphatic imine (C=N–C) groups is 1. The highest BCUT2D eigenvalue weighted by molar-refractivity contribution is 5.77. The normalized spacial score (nSPS) is 13.2. The Hall–Kier alpha value is -1.88. The predicted octanol–water partition coefficient (Wildman–Crippen LogP) is 0.949. The van der Waals surface area contributed by atoms with Gasteiger partial charge in [0, 0.05) is 6.54 Å². The molecule has 0 heterocycles. The van der Waals surface area contributed by atoms with Crippen molar-refractivity contribution in [3.8, 4) is 0 Å². The van der Waals surface area contributed by atoms with E-state index in [0.717, 1.165) is 0 Å². The van der Waals surface area contributed by atoms with E-state index in [2.05, 4.69) is 16.9 Å². The summed E-state index contributed by atoms with van der Waals surface area (Å²) in [5, 5.41) is 12.5. The minimum absolute atomic E-state index is 0.0828. The average molecular weight is 237 g/mol. The minimum atomic E-state index is -0.866. The molecule has 4 N–H and O–H groups in total. The first-order valence-electron chi connectivity index (χ1n) is 5.21. The van der Waals surface area contributed by atoms with Crippen LogP contribution >= 0.6 is 0 Å². The molecule has 92 valence electrons. The fourth-order valence-corrected chi connectivity index (χ4v) is 1.24. The number of benzene rings is 1. The molecule has 0 saturated carbocycles. The van der Waals surface area contributed by atoms with Crippen LogP contribution in [0, 0.1) is 5.82 Å². The van der Waals surface area contributed by atoms with Crippen molar-refractivity contribution in [2.24, 2.45) is 10.7 Å². The summed E-state index contributed by atoms with van der Waals surface area (Å²) >= 11 is 0. The third-order valence-electron chi connectivity index (χ3n) is 2.10. The van der Waals surface area contributed by atoms with Gasteiger partial charge in [-0.1, -0.05) is 18.2 Å². The lowest BCUT2D eigenvalue weighted by atomic mass is 10.1. The molecule has 17 heavy (non-hydrogen) atoms. The molecule has 0 fully saturated rings. The van der Waals surface area contributed by atoms with Crippen LogP contribution in [0.25, 0.3) is 0 Å². The molecule has 0 aromatic heterocycles. The maximum absolute atomic E-state index is 12.9. The lowest BCUT2D eigenvalue weighted by Crippen LogP contribution is -2.32. The summed E-state index contributed by atoms with van der Waals surface area (Å²) in [5.41, 5.74) is 6.00. The molecule has 1 aromatic rings. The number of nitrogens with zero attached hydrogens (tertiary/aromatic N) is 1. The van der Waals surface area contributed by atoms with Gasteiger partial charge in [0.05, 0.1) is 12.6 Å². The molecule has 0 aliphatic rings. The van der Waals surface area contributed by atoms with Gasteiger partial charge in [0.2, 0.25) is 0 Å². The Morgan fingerprint density at radius 3 is 3.06 bits per heavy atom. The molecule has 0 aliphatic carbocycles. The van der Waals surface area contributed by atoms with Crippen LogP contribution in [-0.4, -0.2) is 24.2 Å². The van der Waals surface area contributed by atoms with Crippen molar-refractivity contribution in [3.63, 3.8) is 0 Å². The smallest absolute Gasteiger partial charge is 0.188 e. The minimum Gasteiger partial charge on any atom is -0.386 e. The van der Waals surface area contributed by atoms with E-state index in [1.807, 2.05) is 0 Å². The SMILES string of the molecule is C=CCNC(N)=NCC(O)c1cccc(F)c1. The maximum atomic E-state index is 12.9. The molecule has 0 amide bonds. The number of hydrogen-bond donors (Lipinski definition) is 3. The highest BCUT2D eigenvalue weighted by Gasteiger charge is 2.07. The molecule has 1 atom stereocenters. The number of nitrogens with one attached hydrogen (secondary N) is 1. The Kier molecular flexibility index (Phi) is 5.16. The largest absolute Gasteiger partial charge is 0.386 e. The van der Waals surface area contributed by atoms with Gasteiger partial charge in [0.15, 0.2) is 5.96 Å². The van der Waals surface area contributed by atoms with Crippen molar-refractivity contribution >= 4 is 5.96 Å². The first-order valence-corrected chi connectivity index (χ1v) is 5.21. The van der Waals surface area contributed by atoms with E-state index in [4.69, 9.17) is 5.73 Å². The van der Waals surface area contributed by atoms with E-state index < -0.39 is 6.10 Å². The number of guanidine groups is 1. The first kappa shape index (κ1) is 13.2. The summed E-state index contributed by atoms with van der Waals surface area (Å²) in [6.07, 6.45) is 0.778. The molecule has 0 radical (unpaired) electrons. The fourth-order valence-electron chi connectivity index (χ4n) is 1.24. The Bertz CT molecular complexity index is 406. The Labute approximate surface area is 99.7 Å². The molecular formula is C12H16FN3O. The van der Waals surface area contributed by atoms with Crippen molar-refractivity contribution < 1.29 is 9.50 Å². The van der Waals surface area contributed by atoms with Crippen molar-refractivity contribution in [2.45, 2.75) is 6.10 Å². The Morgan fingerprint density at radius 2 is 2.41 bits per heavy atom. The van der Waals surface area contributed by atoms with E-state index in [1.54, 1.807) is 12.1 Å². The molecule has 0 saturated heterocycles. The van der Waals surface area contributed by atoms with Crippen LogP contribution in [0.1, 0.15) is 11.7 Å². The standard InChI is InChI=1S/C12H16FN3O/c1-2-6-15-12(14)16-8-11(17)9-4-3-5-10(13)7-9/h2-5,7,11,17H,1,6,8H2,(H3,14,15,16). The quantitative estimate of drug-likeness (QED) is 0.405. The second-order valence-electron chi connectivity index (χ2n) is 3.47. The van der Waals surface area contributed by atoms with Crippen LogP contribution in [0.15, 0.2) is 41.9 Å². The summed E-state index contributed by atoms with van der Waals surface area (Å²) in [6.45, 7) is 4.11. The molecule has 0 bridgehead atoms. The average Bonchev–Trinajstić information content (AvgIpc) is 2.33. The number of halogens is 1. The number of nitrogens with two attached hydrogens (primary N) is 1. The van der Waals surface area contributed by atoms with Crippen LogP contribution in [0.3, 0.4) is 0 Å². The number of hydrogen-bond acceptors (Lipinski definition) is 2. The van der Waals surface area contributed by atoms with Crippen LogP contribution in [0.2, 0.25) is 0 Å². The molecule has 1 rings (SSSR count). The topological polar surface area (TPSA) is 70.6 Å². The van der Waals surface area contributed by atoms with Crippen molar-refractivity contribution in [1.29, 1.82) is 0 Å². The molecule has 0 aliphatic heterocycles. The lowest BCUT2D eigenvalue weighted by molar-refractivity contribution is 0.186. The molecule has 1 unspecified atom stereocenters. The molecule has 1 aromatic carbocycles. The van der Waals surface area contributed by atoms with E-state index in [-0.39, 0.29) is 18.3 Å². The zero-order valence-electron chi connectivity index (χ0n) is 9.44. The molecule has 0 spiro atoms. The lowest BCUT2D eigenvalue weighted by Gasteiger charge is -2.09. The van der Waals surface area contributed by atoms with Gasteiger partial charge in [-0.05, 0) is 17.7 Å². The van der Waals surface area contributed by atoms with E-state index >= 15 is 0 Å². The van der Waals surface area contributed by atoms with E-state index in [0.29, 0.717) is 12.1 Å². The number of aliphatic hydroxyl groups is 1. The summed E-state index contributed by atoms with van der Waals surface area (Å²) < 4.78 is 12.9. The summed E-state index contributed by atoms with van der Waals surface area (Å²) in [7, 11) is 0. The van der Waals surface area contributed by atoms with Gasteiger partial charge in [-0.3, -0.25) is 4.99 Å². The van der Waals surface area contributed by atoms with E-state index in [9.17, 15) is 9.50 Å². The second kappa shape index (κ2) is 6.65. The van der Waals surface area contributed by atoms with Crippen LogP contribution in [0.5, 0.6) is 0 Å². The zero-order valence-corrected chi connectivity index (χ0v) is 9.44. The maximum Gasteiger partial charge on any atom is 0.188 e.